The van der Waals surface area contributed by atoms with Gasteiger partial charge in [-0.2, -0.15) is 0 Å². The van der Waals surface area contributed by atoms with Crippen LogP contribution in [0.5, 0.6) is 0 Å². The van der Waals surface area contributed by atoms with Gasteiger partial charge < -0.3 is 5.32 Å². The van der Waals surface area contributed by atoms with E-state index in [0.29, 0.717) is 5.56 Å². The molecule has 0 aliphatic carbocycles. The summed E-state index contributed by atoms with van der Waals surface area (Å²) in [5.41, 5.74) is 1.58. The molecule has 0 bridgehead atoms. The molecule has 20 heavy (non-hydrogen) atoms. The summed E-state index contributed by atoms with van der Waals surface area (Å²) in [7, 11) is 0. The summed E-state index contributed by atoms with van der Waals surface area (Å²) in [4.78, 5) is 12.0. The van der Waals surface area contributed by atoms with Crippen molar-refractivity contribution in [2.45, 2.75) is 13.5 Å². The molecule has 0 saturated heterocycles. The average molecular weight is 340 g/mol. The highest BCUT2D eigenvalue weighted by Crippen LogP contribution is 2.16. The first kappa shape index (κ1) is 14.7. The first-order valence-electron chi connectivity index (χ1n) is 5.95. The predicted molar refractivity (Wildman–Crippen MR) is 76.4 cm³/mol. The zero-order valence-electron chi connectivity index (χ0n) is 10.7. The topological polar surface area (TPSA) is 29.1 Å². The Morgan fingerprint density at radius 1 is 1.20 bits per heavy atom. The van der Waals surface area contributed by atoms with E-state index in [4.69, 9.17) is 0 Å². The molecule has 5 heteroatoms. The largest absolute Gasteiger partial charge is 0.348 e. The highest BCUT2D eigenvalue weighted by Gasteiger charge is 2.10. The highest BCUT2D eigenvalue weighted by atomic mass is 79.9. The Bertz CT molecular complexity index is 658. The number of aryl methyl sites for hydroxylation is 1. The van der Waals surface area contributed by atoms with Gasteiger partial charge in [0.25, 0.3) is 5.91 Å². The van der Waals surface area contributed by atoms with Gasteiger partial charge in [0.05, 0.1) is 0 Å². The minimum atomic E-state index is -0.670. The van der Waals surface area contributed by atoms with E-state index in [1.807, 2.05) is 19.1 Å². The quantitative estimate of drug-likeness (QED) is 0.900. The molecule has 0 spiro atoms. The maximum Gasteiger partial charge on any atom is 0.251 e. The van der Waals surface area contributed by atoms with E-state index in [9.17, 15) is 13.6 Å². The third-order valence-corrected chi connectivity index (χ3v) is 3.39. The van der Waals surface area contributed by atoms with Crippen molar-refractivity contribution in [3.05, 3.63) is 69.2 Å². The molecule has 1 amide bonds. The molecule has 104 valence electrons. The lowest BCUT2D eigenvalue weighted by Gasteiger charge is -2.09. The third-order valence-electron chi connectivity index (χ3n) is 2.90. The Morgan fingerprint density at radius 2 is 1.95 bits per heavy atom. The molecule has 0 aliphatic heterocycles. The minimum Gasteiger partial charge on any atom is -0.348 e. The first-order chi connectivity index (χ1) is 9.47. The van der Waals surface area contributed by atoms with Crippen LogP contribution in [0.25, 0.3) is 0 Å². The summed E-state index contributed by atoms with van der Waals surface area (Å²) in [5.74, 6) is -1.61. The van der Waals surface area contributed by atoms with Crippen molar-refractivity contribution in [3.63, 3.8) is 0 Å². The SMILES string of the molecule is Cc1ccc(Br)cc1C(=O)NCc1ccc(F)cc1F. The summed E-state index contributed by atoms with van der Waals surface area (Å²) in [5, 5.41) is 2.62. The van der Waals surface area contributed by atoms with Gasteiger partial charge in [0, 0.05) is 28.2 Å². The monoisotopic (exact) mass is 339 g/mol. The van der Waals surface area contributed by atoms with Crippen LogP contribution in [0.4, 0.5) is 8.78 Å². The zero-order chi connectivity index (χ0) is 14.7. The lowest BCUT2D eigenvalue weighted by Crippen LogP contribution is -2.24. The molecule has 2 aromatic rings. The number of carbonyl (C=O) groups is 1. The van der Waals surface area contributed by atoms with Crippen molar-refractivity contribution in [2.75, 3.05) is 0 Å². The Kier molecular flexibility index (Phi) is 4.49. The van der Waals surface area contributed by atoms with Crippen molar-refractivity contribution in [3.8, 4) is 0 Å². The van der Waals surface area contributed by atoms with Crippen molar-refractivity contribution < 1.29 is 13.6 Å². The van der Waals surface area contributed by atoms with Crippen LogP contribution in [0.15, 0.2) is 40.9 Å². The van der Waals surface area contributed by atoms with E-state index in [1.54, 1.807) is 6.07 Å². The molecule has 0 atom stereocenters. The summed E-state index contributed by atoms with van der Waals surface area (Å²) in [6.07, 6.45) is 0. The average Bonchev–Trinajstić information content (AvgIpc) is 2.40. The molecule has 2 aromatic carbocycles. The second-order valence-electron chi connectivity index (χ2n) is 4.38. The van der Waals surface area contributed by atoms with Crippen LogP contribution < -0.4 is 5.32 Å². The highest BCUT2D eigenvalue weighted by molar-refractivity contribution is 9.10. The normalized spacial score (nSPS) is 10.4. The van der Waals surface area contributed by atoms with Crippen LogP contribution in [0, 0.1) is 18.6 Å². The Labute approximate surface area is 123 Å². The van der Waals surface area contributed by atoms with Crippen molar-refractivity contribution >= 4 is 21.8 Å². The second kappa shape index (κ2) is 6.13. The first-order valence-corrected chi connectivity index (χ1v) is 6.75. The van der Waals surface area contributed by atoms with Crippen LogP contribution in [0.2, 0.25) is 0 Å². The van der Waals surface area contributed by atoms with E-state index in [2.05, 4.69) is 21.2 Å². The number of amides is 1. The van der Waals surface area contributed by atoms with Crippen LogP contribution in [0.3, 0.4) is 0 Å². The van der Waals surface area contributed by atoms with Crippen LogP contribution in [-0.2, 0) is 6.54 Å². The number of hydrogen-bond acceptors (Lipinski definition) is 1. The smallest absolute Gasteiger partial charge is 0.251 e. The van der Waals surface area contributed by atoms with E-state index >= 15 is 0 Å². The number of nitrogens with one attached hydrogen (secondary N) is 1. The Morgan fingerprint density at radius 3 is 2.65 bits per heavy atom. The molecule has 0 radical (unpaired) electrons. The molecule has 0 saturated carbocycles. The summed E-state index contributed by atoms with van der Waals surface area (Å²) < 4.78 is 27.0. The third kappa shape index (κ3) is 3.42. The lowest BCUT2D eigenvalue weighted by molar-refractivity contribution is 0.0950. The minimum absolute atomic E-state index is 0.0108. The molecule has 0 aliphatic rings. The standard InChI is InChI=1S/C15H12BrF2NO/c1-9-2-4-11(16)6-13(9)15(20)19-8-10-3-5-12(17)7-14(10)18/h2-7H,8H2,1H3,(H,19,20). The van der Waals surface area contributed by atoms with Gasteiger partial charge in [-0.3, -0.25) is 4.79 Å². The number of benzene rings is 2. The van der Waals surface area contributed by atoms with Crippen LogP contribution in [-0.4, -0.2) is 5.91 Å². The van der Waals surface area contributed by atoms with Gasteiger partial charge in [0.2, 0.25) is 0 Å². The molecule has 0 heterocycles. The van der Waals surface area contributed by atoms with Crippen LogP contribution >= 0.6 is 15.9 Å². The molecule has 0 fully saturated rings. The number of hydrogen-bond donors (Lipinski definition) is 1. The van der Waals surface area contributed by atoms with Gasteiger partial charge in [0.15, 0.2) is 0 Å². The summed E-state index contributed by atoms with van der Waals surface area (Å²) in [6, 6.07) is 8.63. The molecular weight excluding hydrogens is 328 g/mol. The van der Waals surface area contributed by atoms with E-state index in [1.165, 1.54) is 6.07 Å². The fourth-order valence-electron chi connectivity index (χ4n) is 1.77. The van der Waals surface area contributed by atoms with Crippen molar-refractivity contribution in [2.24, 2.45) is 0 Å². The van der Waals surface area contributed by atoms with Gasteiger partial charge in [-0.05, 0) is 30.7 Å². The molecule has 0 aromatic heterocycles. The van der Waals surface area contributed by atoms with E-state index < -0.39 is 11.6 Å². The molecule has 1 N–H and O–H groups in total. The van der Waals surface area contributed by atoms with Crippen LogP contribution in [0.1, 0.15) is 21.5 Å². The maximum absolute atomic E-state index is 13.4. The number of halogens is 3. The zero-order valence-corrected chi connectivity index (χ0v) is 12.3. The maximum atomic E-state index is 13.4. The lowest BCUT2D eigenvalue weighted by atomic mass is 10.1. The Hall–Kier alpha value is -1.75. The summed E-state index contributed by atoms with van der Waals surface area (Å²) in [6.45, 7) is 1.83. The summed E-state index contributed by atoms with van der Waals surface area (Å²) >= 11 is 3.30. The van der Waals surface area contributed by atoms with Crippen molar-refractivity contribution in [1.29, 1.82) is 0 Å². The second-order valence-corrected chi connectivity index (χ2v) is 5.29. The van der Waals surface area contributed by atoms with Gasteiger partial charge in [-0.1, -0.05) is 28.1 Å². The fraction of sp³-hybridized carbons (Fsp3) is 0.133. The molecular formula is C15H12BrF2NO. The van der Waals surface area contributed by atoms with Crippen molar-refractivity contribution in [1.82, 2.24) is 5.32 Å². The van der Waals surface area contributed by atoms with E-state index in [-0.39, 0.29) is 18.0 Å². The predicted octanol–water partition coefficient (Wildman–Crippen LogP) is 3.97. The van der Waals surface area contributed by atoms with Gasteiger partial charge in [0.1, 0.15) is 11.6 Å². The number of rotatable bonds is 3. The number of carbonyl (C=O) groups excluding carboxylic acids is 1. The molecule has 2 rings (SSSR count). The Balaban J connectivity index is 2.10. The molecule has 2 nitrogen and oxygen atoms in total. The van der Waals surface area contributed by atoms with E-state index in [0.717, 1.165) is 22.2 Å². The molecule has 0 unspecified atom stereocenters. The van der Waals surface area contributed by atoms with Gasteiger partial charge >= 0.3 is 0 Å². The van der Waals surface area contributed by atoms with Gasteiger partial charge in [-0.15, -0.1) is 0 Å². The fourth-order valence-corrected chi connectivity index (χ4v) is 2.14. The van der Waals surface area contributed by atoms with Gasteiger partial charge in [-0.25, -0.2) is 8.78 Å².